The molecule has 0 spiro atoms. The van der Waals surface area contributed by atoms with Gasteiger partial charge < -0.3 is 15.0 Å². The predicted molar refractivity (Wildman–Crippen MR) is 67.1 cm³/mol. The summed E-state index contributed by atoms with van der Waals surface area (Å²) in [4.78, 5) is 2.25. The van der Waals surface area contributed by atoms with Gasteiger partial charge in [0.25, 0.3) is 0 Å². The highest BCUT2D eigenvalue weighted by molar-refractivity contribution is 5.36. The van der Waals surface area contributed by atoms with Crippen molar-refractivity contribution < 1.29 is 4.74 Å². The molecular formula is C12H17N5O. The smallest absolute Gasteiger partial charge is 0.163 e. The number of nitriles is 1. The highest BCUT2D eigenvalue weighted by Gasteiger charge is 2.23. The molecule has 1 N–H and O–H groups in total. The van der Waals surface area contributed by atoms with Gasteiger partial charge in [0.15, 0.2) is 5.69 Å². The molecule has 6 nitrogen and oxygen atoms in total. The fourth-order valence-corrected chi connectivity index (χ4v) is 1.91. The number of likely N-dealkylation sites (N-methyl/N-ethyl adjacent to an activating group) is 1. The van der Waals surface area contributed by atoms with E-state index in [1.807, 2.05) is 6.07 Å². The molecule has 2 rings (SSSR count). The Morgan fingerprint density at radius 1 is 1.56 bits per heavy atom. The van der Waals surface area contributed by atoms with Gasteiger partial charge in [-0.25, -0.2) is 0 Å². The largest absolute Gasteiger partial charge is 0.373 e. The molecule has 1 aliphatic heterocycles. The molecule has 0 aliphatic carbocycles. The molecule has 6 heteroatoms. The molecule has 0 saturated carbocycles. The van der Waals surface area contributed by atoms with Crippen LogP contribution in [0.4, 0.5) is 5.82 Å². The van der Waals surface area contributed by atoms with Crippen LogP contribution in [-0.4, -0.2) is 54.0 Å². The van der Waals surface area contributed by atoms with Gasteiger partial charge in [-0.15, -0.1) is 10.2 Å². The number of ether oxygens (including phenoxy) is 1. The van der Waals surface area contributed by atoms with Crippen molar-refractivity contribution in [1.29, 1.82) is 5.26 Å². The van der Waals surface area contributed by atoms with E-state index in [1.165, 1.54) is 0 Å². The minimum Gasteiger partial charge on any atom is -0.373 e. The van der Waals surface area contributed by atoms with E-state index in [9.17, 15) is 0 Å². The van der Waals surface area contributed by atoms with E-state index in [4.69, 9.17) is 10.00 Å². The van der Waals surface area contributed by atoms with Gasteiger partial charge in [-0.1, -0.05) is 0 Å². The van der Waals surface area contributed by atoms with Crippen LogP contribution in [0, 0.1) is 11.3 Å². The number of hydrogen-bond donors (Lipinski definition) is 1. The Balaban J connectivity index is 1.93. The van der Waals surface area contributed by atoms with Gasteiger partial charge >= 0.3 is 0 Å². The van der Waals surface area contributed by atoms with Crippen molar-refractivity contribution in [3.63, 3.8) is 0 Å². The van der Waals surface area contributed by atoms with Crippen molar-refractivity contribution in [2.45, 2.75) is 19.1 Å². The van der Waals surface area contributed by atoms with Crippen LogP contribution in [0.5, 0.6) is 0 Å². The first kappa shape index (κ1) is 12.7. The van der Waals surface area contributed by atoms with Gasteiger partial charge in [0, 0.05) is 13.1 Å². The number of anilines is 1. The van der Waals surface area contributed by atoms with E-state index < -0.39 is 0 Å². The van der Waals surface area contributed by atoms with Crippen molar-refractivity contribution in [3.05, 3.63) is 17.8 Å². The van der Waals surface area contributed by atoms with E-state index in [1.54, 1.807) is 12.1 Å². The first-order valence-corrected chi connectivity index (χ1v) is 5.99. The van der Waals surface area contributed by atoms with Crippen molar-refractivity contribution in [3.8, 4) is 6.07 Å². The summed E-state index contributed by atoms with van der Waals surface area (Å²) in [5, 5.41) is 19.6. The molecule has 0 radical (unpaired) electrons. The number of nitrogens with one attached hydrogen (secondary N) is 1. The Hall–Kier alpha value is -1.71. The van der Waals surface area contributed by atoms with Crippen LogP contribution < -0.4 is 5.32 Å². The fraction of sp³-hybridized carbons (Fsp3) is 0.583. The second-order valence-electron chi connectivity index (χ2n) is 4.52. The lowest BCUT2D eigenvalue weighted by molar-refractivity contribution is -0.0260. The quantitative estimate of drug-likeness (QED) is 0.837. The molecule has 96 valence electrons. The van der Waals surface area contributed by atoms with Gasteiger partial charge in [0.1, 0.15) is 11.9 Å². The van der Waals surface area contributed by atoms with Crippen LogP contribution in [0.15, 0.2) is 12.1 Å². The molecule has 18 heavy (non-hydrogen) atoms. The molecule has 1 aromatic heterocycles. The number of morpholine rings is 1. The van der Waals surface area contributed by atoms with E-state index in [0.29, 0.717) is 11.5 Å². The zero-order valence-corrected chi connectivity index (χ0v) is 10.6. The summed E-state index contributed by atoms with van der Waals surface area (Å²) in [6.07, 6.45) is 0.140. The fourth-order valence-electron chi connectivity index (χ4n) is 1.91. The van der Waals surface area contributed by atoms with Gasteiger partial charge in [-0.2, -0.15) is 5.26 Å². The maximum Gasteiger partial charge on any atom is 0.163 e. The molecule has 2 unspecified atom stereocenters. The Morgan fingerprint density at radius 3 is 3.00 bits per heavy atom. The normalized spacial score (nSPS) is 22.2. The zero-order valence-electron chi connectivity index (χ0n) is 10.6. The Kier molecular flexibility index (Phi) is 4.07. The first-order valence-electron chi connectivity index (χ1n) is 5.99. The van der Waals surface area contributed by atoms with Gasteiger partial charge in [-0.3, -0.25) is 0 Å². The van der Waals surface area contributed by atoms with Crippen LogP contribution >= 0.6 is 0 Å². The summed E-state index contributed by atoms with van der Waals surface area (Å²) in [5.74, 6) is 0.665. The van der Waals surface area contributed by atoms with Crippen LogP contribution in [0.2, 0.25) is 0 Å². The summed E-state index contributed by atoms with van der Waals surface area (Å²) in [7, 11) is 2.09. The molecule has 1 saturated heterocycles. The second kappa shape index (κ2) is 5.76. The molecule has 1 aliphatic rings. The van der Waals surface area contributed by atoms with Crippen LogP contribution in [-0.2, 0) is 4.74 Å². The van der Waals surface area contributed by atoms with E-state index in [2.05, 4.69) is 34.4 Å². The summed E-state index contributed by atoms with van der Waals surface area (Å²) < 4.78 is 5.72. The molecule has 2 heterocycles. The lowest BCUT2D eigenvalue weighted by Gasteiger charge is -2.34. The summed E-state index contributed by atoms with van der Waals surface area (Å²) >= 11 is 0. The molecule has 0 amide bonds. The summed E-state index contributed by atoms with van der Waals surface area (Å²) in [6.45, 7) is 4.69. The molecule has 0 bridgehead atoms. The Bertz CT molecular complexity index is 427. The Morgan fingerprint density at radius 2 is 2.39 bits per heavy atom. The van der Waals surface area contributed by atoms with Crippen LogP contribution in [0.3, 0.4) is 0 Å². The SMILES string of the molecule is CC(Nc1ccc(C#N)nn1)C1CN(C)CCO1. The monoisotopic (exact) mass is 247 g/mol. The lowest BCUT2D eigenvalue weighted by Crippen LogP contribution is -2.47. The molecule has 1 aromatic rings. The molecule has 0 aromatic carbocycles. The average molecular weight is 247 g/mol. The Labute approximate surface area is 107 Å². The average Bonchev–Trinajstić information content (AvgIpc) is 2.39. The van der Waals surface area contributed by atoms with Crippen molar-refractivity contribution in [2.75, 3.05) is 32.1 Å². The number of hydrogen-bond acceptors (Lipinski definition) is 6. The molecule has 2 atom stereocenters. The van der Waals surface area contributed by atoms with Gasteiger partial charge in [0.05, 0.1) is 18.8 Å². The maximum atomic E-state index is 8.64. The first-order chi connectivity index (χ1) is 8.69. The van der Waals surface area contributed by atoms with E-state index in [-0.39, 0.29) is 12.1 Å². The van der Waals surface area contributed by atoms with Crippen molar-refractivity contribution in [2.24, 2.45) is 0 Å². The topological polar surface area (TPSA) is 74.1 Å². The van der Waals surface area contributed by atoms with Crippen molar-refractivity contribution in [1.82, 2.24) is 15.1 Å². The lowest BCUT2D eigenvalue weighted by atomic mass is 10.1. The van der Waals surface area contributed by atoms with Crippen LogP contribution in [0.25, 0.3) is 0 Å². The number of nitrogens with zero attached hydrogens (tertiary/aromatic N) is 4. The highest BCUT2D eigenvalue weighted by atomic mass is 16.5. The second-order valence-corrected chi connectivity index (χ2v) is 4.52. The standard InChI is InChI=1S/C12H17N5O/c1-9(11-8-17(2)5-6-18-11)14-12-4-3-10(7-13)15-16-12/h3-4,9,11H,5-6,8H2,1-2H3,(H,14,16). The van der Waals surface area contributed by atoms with Crippen LogP contribution in [0.1, 0.15) is 12.6 Å². The maximum absolute atomic E-state index is 8.64. The summed E-state index contributed by atoms with van der Waals surface area (Å²) in [5.41, 5.74) is 0.321. The van der Waals surface area contributed by atoms with E-state index in [0.717, 1.165) is 19.7 Å². The third-order valence-electron chi connectivity index (χ3n) is 3.01. The number of aromatic nitrogens is 2. The zero-order chi connectivity index (χ0) is 13.0. The minimum absolute atomic E-state index is 0.140. The van der Waals surface area contributed by atoms with Gasteiger partial charge in [-0.05, 0) is 26.1 Å². The number of rotatable bonds is 3. The van der Waals surface area contributed by atoms with E-state index >= 15 is 0 Å². The van der Waals surface area contributed by atoms with Crippen molar-refractivity contribution >= 4 is 5.82 Å². The third kappa shape index (κ3) is 3.15. The highest BCUT2D eigenvalue weighted by Crippen LogP contribution is 2.11. The summed E-state index contributed by atoms with van der Waals surface area (Å²) in [6, 6.07) is 5.50. The van der Waals surface area contributed by atoms with Gasteiger partial charge in [0.2, 0.25) is 0 Å². The molecule has 1 fully saturated rings. The molecular weight excluding hydrogens is 230 g/mol. The third-order valence-corrected chi connectivity index (χ3v) is 3.01. The minimum atomic E-state index is 0.140. The predicted octanol–water partition coefficient (Wildman–Crippen LogP) is 0.479.